The van der Waals surface area contributed by atoms with E-state index in [0.717, 1.165) is 0 Å². The van der Waals surface area contributed by atoms with Gasteiger partial charge in [0.1, 0.15) is 0 Å². The molecule has 1 amide bonds. The summed E-state index contributed by atoms with van der Waals surface area (Å²) in [6, 6.07) is 2.95. The Hall–Kier alpha value is -2.62. The van der Waals surface area contributed by atoms with Gasteiger partial charge in [0, 0.05) is 18.1 Å². The van der Waals surface area contributed by atoms with Gasteiger partial charge in [0.2, 0.25) is 6.79 Å². The minimum atomic E-state index is -3.07. The van der Waals surface area contributed by atoms with Crippen molar-refractivity contribution in [1.82, 2.24) is 0 Å². The number of nitrogens with one attached hydrogen (secondary N) is 1. The van der Waals surface area contributed by atoms with E-state index in [1.807, 2.05) is 0 Å². The van der Waals surface area contributed by atoms with Crippen molar-refractivity contribution in [2.75, 3.05) is 30.2 Å². The van der Waals surface area contributed by atoms with Gasteiger partial charge in [0.05, 0.1) is 17.2 Å². The fourth-order valence-corrected chi connectivity index (χ4v) is 4.86. The molecule has 1 N–H and O–H groups in total. The SMILES string of the molecule is CC(=O)c1cc2c(cc1NC(=O)COC(=O)C[C@H]1CCS(=O)(=O)C1)OCO2. The molecular formula is C17H19NO8S. The minimum Gasteiger partial charge on any atom is -0.456 e. The van der Waals surface area contributed by atoms with Gasteiger partial charge in [-0.2, -0.15) is 0 Å². The quantitative estimate of drug-likeness (QED) is 0.555. The van der Waals surface area contributed by atoms with Gasteiger partial charge in [-0.1, -0.05) is 0 Å². The van der Waals surface area contributed by atoms with Crippen molar-refractivity contribution >= 4 is 33.2 Å². The molecule has 10 heteroatoms. The standard InChI is InChI=1S/C17H19NO8S/c1-10(19)12-5-14-15(26-9-25-14)6-13(12)18-16(20)7-24-17(21)4-11-2-3-27(22,23)8-11/h5-6,11H,2-4,7-9H2,1H3,(H,18,20)/t11-/m1/s1. The van der Waals surface area contributed by atoms with E-state index in [2.05, 4.69) is 5.32 Å². The third-order valence-corrected chi connectivity index (χ3v) is 6.15. The van der Waals surface area contributed by atoms with Crippen LogP contribution in [0.2, 0.25) is 0 Å². The highest BCUT2D eigenvalue weighted by Crippen LogP contribution is 2.37. The average molecular weight is 397 g/mol. The number of sulfone groups is 1. The Kier molecular flexibility index (Phi) is 5.36. The Bertz CT molecular complexity index is 892. The number of fused-ring (bicyclic) bond motifs is 1. The zero-order chi connectivity index (χ0) is 19.6. The molecule has 0 aliphatic carbocycles. The molecule has 2 aliphatic heterocycles. The number of carbonyl (C=O) groups excluding carboxylic acids is 3. The number of anilines is 1. The summed E-state index contributed by atoms with van der Waals surface area (Å²) in [5, 5.41) is 2.52. The molecule has 0 spiro atoms. The number of amides is 1. The maximum absolute atomic E-state index is 12.1. The topological polar surface area (TPSA) is 125 Å². The van der Waals surface area contributed by atoms with Crippen LogP contribution in [0, 0.1) is 5.92 Å². The maximum atomic E-state index is 12.1. The van der Waals surface area contributed by atoms with Gasteiger partial charge in [0.15, 0.2) is 33.7 Å². The highest BCUT2D eigenvalue weighted by molar-refractivity contribution is 7.91. The van der Waals surface area contributed by atoms with E-state index >= 15 is 0 Å². The lowest BCUT2D eigenvalue weighted by Gasteiger charge is -2.11. The summed E-state index contributed by atoms with van der Waals surface area (Å²) in [6.07, 6.45) is 0.373. The van der Waals surface area contributed by atoms with E-state index in [1.54, 1.807) is 0 Å². The summed E-state index contributed by atoms with van der Waals surface area (Å²) in [5.74, 6) is -0.956. The number of ketones is 1. The lowest BCUT2D eigenvalue weighted by Crippen LogP contribution is -2.23. The van der Waals surface area contributed by atoms with Gasteiger partial charge < -0.3 is 19.5 Å². The van der Waals surface area contributed by atoms with Crippen LogP contribution in [0.1, 0.15) is 30.1 Å². The van der Waals surface area contributed by atoms with E-state index in [0.29, 0.717) is 17.9 Å². The average Bonchev–Trinajstić information content (AvgIpc) is 3.17. The molecular weight excluding hydrogens is 378 g/mol. The Morgan fingerprint density at radius 1 is 1.22 bits per heavy atom. The summed E-state index contributed by atoms with van der Waals surface area (Å²) in [7, 11) is -3.07. The highest BCUT2D eigenvalue weighted by Gasteiger charge is 2.30. The summed E-state index contributed by atoms with van der Waals surface area (Å²) in [4.78, 5) is 35.6. The molecule has 1 aromatic carbocycles. The minimum absolute atomic E-state index is 0.0264. The molecule has 0 saturated carbocycles. The molecule has 146 valence electrons. The third-order valence-electron chi connectivity index (χ3n) is 4.31. The number of rotatable bonds is 6. The monoisotopic (exact) mass is 397 g/mol. The number of benzene rings is 1. The predicted molar refractivity (Wildman–Crippen MR) is 93.5 cm³/mol. The first kappa shape index (κ1) is 19.2. The fraction of sp³-hybridized carbons (Fsp3) is 0.471. The maximum Gasteiger partial charge on any atom is 0.306 e. The molecule has 0 radical (unpaired) electrons. The van der Waals surface area contributed by atoms with Gasteiger partial charge in [-0.15, -0.1) is 0 Å². The predicted octanol–water partition coefficient (Wildman–Crippen LogP) is 0.924. The Morgan fingerprint density at radius 3 is 2.56 bits per heavy atom. The van der Waals surface area contributed by atoms with Crippen LogP contribution in [0.25, 0.3) is 0 Å². The number of carbonyl (C=O) groups is 3. The smallest absolute Gasteiger partial charge is 0.306 e. The summed E-state index contributed by atoms with van der Waals surface area (Å²) < 4.78 is 38.1. The Balaban J connectivity index is 1.55. The lowest BCUT2D eigenvalue weighted by atomic mass is 10.1. The van der Waals surface area contributed by atoms with Gasteiger partial charge in [-0.3, -0.25) is 14.4 Å². The molecule has 2 heterocycles. The molecule has 9 nitrogen and oxygen atoms in total. The second-order valence-corrected chi connectivity index (χ2v) is 8.72. The zero-order valence-electron chi connectivity index (χ0n) is 14.6. The van der Waals surface area contributed by atoms with Gasteiger partial charge in [-0.25, -0.2) is 8.42 Å². The highest BCUT2D eigenvalue weighted by atomic mass is 32.2. The van der Waals surface area contributed by atoms with Crippen LogP contribution in [0.4, 0.5) is 5.69 Å². The van der Waals surface area contributed by atoms with Crippen LogP contribution in [-0.4, -0.2) is 51.0 Å². The van der Waals surface area contributed by atoms with E-state index in [4.69, 9.17) is 14.2 Å². The molecule has 27 heavy (non-hydrogen) atoms. The molecule has 1 atom stereocenters. The molecule has 0 unspecified atom stereocenters. The largest absolute Gasteiger partial charge is 0.456 e. The van der Waals surface area contributed by atoms with Crippen molar-refractivity contribution in [3.8, 4) is 11.5 Å². The zero-order valence-corrected chi connectivity index (χ0v) is 15.5. The number of hydrogen-bond acceptors (Lipinski definition) is 8. The van der Waals surface area contributed by atoms with E-state index in [-0.39, 0.29) is 47.7 Å². The van der Waals surface area contributed by atoms with Crippen molar-refractivity contribution in [2.45, 2.75) is 19.8 Å². The van der Waals surface area contributed by atoms with Crippen LogP contribution >= 0.6 is 0 Å². The molecule has 1 fully saturated rings. The molecule has 1 aromatic rings. The van der Waals surface area contributed by atoms with Crippen molar-refractivity contribution in [2.24, 2.45) is 5.92 Å². The van der Waals surface area contributed by atoms with Gasteiger partial charge in [-0.05, 0) is 25.3 Å². The third kappa shape index (κ3) is 4.76. The number of ether oxygens (including phenoxy) is 3. The van der Waals surface area contributed by atoms with Crippen molar-refractivity contribution < 1.29 is 37.0 Å². The van der Waals surface area contributed by atoms with Crippen LogP contribution in [-0.2, 0) is 24.2 Å². The van der Waals surface area contributed by atoms with Crippen LogP contribution in [0.5, 0.6) is 11.5 Å². The molecule has 0 aromatic heterocycles. The Labute approximate surface area is 155 Å². The first-order valence-corrected chi connectivity index (χ1v) is 10.2. The van der Waals surface area contributed by atoms with Gasteiger partial charge in [0.25, 0.3) is 5.91 Å². The van der Waals surface area contributed by atoms with Crippen LogP contribution < -0.4 is 14.8 Å². The second-order valence-electron chi connectivity index (χ2n) is 6.49. The normalized spacial score (nSPS) is 19.5. The van der Waals surface area contributed by atoms with Crippen molar-refractivity contribution in [3.63, 3.8) is 0 Å². The van der Waals surface area contributed by atoms with Crippen LogP contribution in [0.3, 0.4) is 0 Å². The second kappa shape index (κ2) is 7.55. The van der Waals surface area contributed by atoms with Crippen LogP contribution in [0.15, 0.2) is 12.1 Å². The first-order valence-electron chi connectivity index (χ1n) is 8.34. The Morgan fingerprint density at radius 2 is 1.93 bits per heavy atom. The van der Waals surface area contributed by atoms with Gasteiger partial charge >= 0.3 is 5.97 Å². The lowest BCUT2D eigenvalue weighted by molar-refractivity contribution is -0.148. The number of Topliss-reactive ketones (excluding diaryl/α,β-unsaturated/α-hetero) is 1. The number of esters is 1. The number of hydrogen-bond donors (Lipinski definition) is 1. The molecule has 3 rings (SSSR count). The van der Waals surface area contributed by atoms with E-state index in [1.165, 1.54) is 19.1 Å². The van der Waals surface area contributed by atoms with E-state index in [9.17, 15) is 22.8 Å². The molecule has 2 aliphatic rings. The van der Waals surface area contributed by atoms with Crippen molar-refractivity contribution in [1.29, 1.82) is 0 Å². The van der Waals surface area contributed by atoms with Crippen molar-refractivity contribution in [3.05, 3.63) is 17.7 Å². The summed E-state index contributed by atoms with van der Waals surface area (Å²) in [5.41, 5.74) is 0.477. The molecule has 0 bridgehead atoms. The summed E-state index contributed by atoms with van der Waals surface area (Å²) in [6.45, 7) is 0.839. The first-order chi connectivity index (χ1) is 12.7. The molecule has 1 saturated heterocycles. The van der Waals surface area contributed by atoms with E-state index < -0.39 is 28.3 Å². The summed E-state index contributed by atoms with van der Waals surface area (Å²) >= 11 is 0. The fourth-order valence-electron chi connectivity index (χ4n) is 3.00.